The summed E-state index contributed by atoms with van der Waals surface area (Å²) >= 11 is 1.37. The second-order valence-corrected chi connectivity index (χ2v) is 9.28. The predicted octanol–water partition coefficient (Wildman–Crippen LogP) is 5.21. The summed E-state index contributed by atoms with van der Waals surface area (Å²) in [6.07, 6.45) is 2.42. The molecular formula is C26H19N5O3S. The van der Waals surface area contributed by atoms with Crippen LogP contribution in [0.2, 0.25) is 0 Å². The Bertz CT molecular complexity index is 1560. The Hall–Kier alpha value is -4.24. The highest BCUT2D eigenvalue weighted by Crippen LogP contribution is 2.35. The number of nitrogens with zero attached hydrogens (tertiary/aromatic N) is 4. The van der Waals surface area contributed by atoms with Crippen molar-refractivity contribution < 1.29 is 9.72 Å². The van der Waals surface area contributed by atoms with Crippen LogP contribution in [0.4, 0.5) is 11.4 Å². The summed E-state index contributed by atoms with van der Waals surface area (Å²) in [5.74, 6) is 0.921. The van der Waals surface area contributed by atoms with E-state index in [1.54, 1.807) is 17.0 Å². The van der Waals surface area contributed by atoms with Crippen molar-refractivity contribution in [3.05, 3.63) is 106 Å². The van der Waals surface area contributed by atoms with Gasteiger partial charge in [-0.15, -0.1) is 0 Å². The minimum absolute atomic E-state index is 0.0392. The molecule has 3 aromatic carbocycles. The van der Waals surface area contributed by atoms with Crippen LogP contribution in [0.5, 0.6) is 0 Å². The summed E-state index contributed by atoms with van der Waals surface area (Å²) in [5.41, 5.74) is 4.47. The zero-order valence-electron chi connectivity index (χ0n) is 18.4. The van der Waals surface area contributed by atoms with E-state index in [4.69, 9.17) is 9.98 Å². The summed E-state index contributed by atoms with van der Waals surface area (Å²) in [5, 5.41) is 12.8. The van der Waals surface area contributed by atoms with Gasteiger partial charge in [-0.3, -0.25) is 19.9 Å². The first kappa shape index (κ1) is 21.3. The van der Waals surface area contributed by atoms with Gasteiger partial charge in [0.1, 0.15) is 11.9 Å². The molecule has 9 heteroatoms. The van der Waals surface area contributed by atoms with Crippen molar-refractivity contribution in [3.8, 4) is 0 Å². The lowest BCUT2D eigenvalue weighted by molar-refractivity contribution is -0.384. The molecule has 35 heavy (non-hydrogen) atoms. The maximum Gasteiger partial charge on any atom is 0.269 e. The van der Waals surface area contributed by atoms with Gasteiger partial charge in [-0.1, -0.05) is 54.2 Å². The average molecular weight is 482 g/mol. The lowest BCUT2D eigenvalue weighted by Crippen LogP contribution is -2.41. The van der Waals surface area contributed by atoms with Crippen molar-refractivity contribution in [2.75, 3.05) is 0 Å². The molecule has 0 aliphatic carbocycles. The number of aliphatic imine (C=N–C) groups is 2. The van der Waals surface area contributed by atoms with Gasteiger partial charge >= 0.3 is 0 Å². The number of rotatable bonds is 5. The lowest BCUT2D eigenvalue weighted by Gasteiger charge is -2.25. The van der Waals surface area contributed by atoms with Gasteiger partial charge in [0.2, 0.25) is 0 Å². The zero-order chi connectivity index (χ0) is 23.9. The monoisotopic (exact) mass is 481 g/mol. The number of aromatic amines is 1. The number of hydrogen-bond acceptors (Lipinski definition) is 6. The Morgan fingerprint density at radius 3 is 2.77 bits per heavy atom. The van der Waals surface area contributed by atoms with E-state index in [2.05, 4.69) is 4.98 Å². The van der Waals surface area contributed by atoms with Crippen LogP contribution in [0, 0.1) is 10.1 Å². The number of fused-ring (bicyclic) bond motifs is 4. The topological polar surface area (TPSA) is 104 Å². The Kier molecular flexibility index (Phi) is 5.18. The molecule has 0 saturated carbocycles. The second-order valence-electron chi connectivity index (χ2n) is 8.33. The number of non-ortho nitro benzene ring substituents is 1. The van der Waals surface area contributed by atoms with Crippen molar-refractivity contribution in [1.29, 1.82) is 0 Å². The number of aromatic nitrogens is 1. The van der Waals surface area contributed by atoms with Crippen molar-refractivity contribution in [2.24, 2.45) is 9.98 Å². The number of H-pyrrole nitrogens is 1. The highest BCUT2D eigenvalue weighted by atomic mass is 32.2. The maximum absolute atomic E-state index is 13.6. The van der Waals surface area contributed by atoms with Crippen LogP contribution in [0.25, 0.3) is 10.9 Å². The number of hydrogen-bond donors (Lipinski definition) is 1. The summed E-state index contributed by atoms with van der Waals surface area (Å²) in [4.78, 5) is 38.8. The number of carbonyl (C=O) groups excluding carboxylic acids is 1. The molecule has 4 aromatic rings. The van der Waals surface area contributed by atoms with Gasteiger partial charge in [-0.2, -0.15) is 0 Å². The standard InChI is InChI=1S/C26H19N5O3S/c32-25-23(13-17-14-27-21-10-3-1-8-19(17)21)28-24-20-9-2-4-11-22(20)29-26(30(24)25)35-15-16-6-5-7-18(12-16)31(33)34/h1-12,14,23,27H,13,15H2/t23-/m0/s1. The molecule has 8 nitrogen and oxygen atoms in total. The maximum atomic E-state index is 13.6. The first-order valence-corrected chi connectivity index (χ1v) is 12.1. The van der Waals surface area contributed by atoms with Crippen LogP contribution < -0.4 is 0 Å². The highest BCUT2D eigenvalue weighted by molar-refractivity contribution is 8.13. The first-order chi connectivity index (χ1) is 17.1. The smallest absolute Gasteiger partial charge is 0.269 e. The highest BCUT2D eigenvalue weighted by Gasteiger charge is 2.41. The fraction of sp³-hybridized carbons (Fsp3) is 0.115. The van der Waals surface area contributed by atoms with Gasteiger partial charge in [0, 0.05) is 47.0 Å². The lowest BCUT2D eigenvalue weighted by atomic mass is 10.1. The van der Waals surface area contributed by atoms with Crippen LogP contribution in [-0.2, 0) is 17.0 Å². The molecule has 1 amide bonds. The molecule has 172 valence electrons. The Labute approximate surface area is 204 Å². The van der Waals surface area contributed by atoms with E-state index >= 15 is 0 Å². The molecule has 0 unspecified atom stereocenters. The van der Waals surface area contributed by atoms with Crippen molar-refractivity contribution >= 4 is 51.0 Å². The van der Waals surface area contributed by atoms with E-state index in [1.165, 1.54) is 17.8 Å². The van der Waals surface area contributed by atoms with Crippen molar-refractivity contribution in [1.82, 2.24) is 9.88 Å². The van der Waals surface area contributed by atoms with E-state index in [9.17, 15) is 14.9 Å². The Morgan fingerprint density at radius 2 is 1.89 bits per heavy atom. The fourth-order valence-corrected chi connectivity index (χ4v) is 5.39. The molecule has 0 radical (unpaired) electrons. The number of amides is 1. The molecule has 3 heterocycles. The van der Waals surface area contributed by atoms with Crippen LogP contribution in [0.1, 0.15) is 16.7 Å². The van der Waals surface area contributed by atoms with E-state index in [0.717, 1.165) is 33.3 Å². The van der Waals surface area contributed by atoms with Gasteiger partial charge in [0.25, 0.3) is 11.6 Å². The molecule has 0 spiro atoms. The number of nitro groups is 1. The SMILES string of the molecule is O=C1[C@H](Cc2c[nH]c3ccccc23)N=C2c3ccccc3N=C(SCc3cccc([N+](=O)[O-])c3)N12. The largest absolute Gasteiger partial charge is 0.361 e. The van der Waals surface area contributed by atoms with Crippen LogP contribution >= 0.6 is 11.8 Å². The third-order valence-electron chi connectivity index (χ3n) is 6.13. The first-order valence-electron chi connectivity index (χ1n) is 11.1. The number of amidine groups is 2. The zero-order valence-corrected chi connectivity index (χ0v) is 19.2. The molecule has 0 saturated heterocycles. The normalized spacial score (nSPS) is 16.6. The number of carbonyl (C=O) groups is 1. The van der Waals surface area contributed by atoms with Crippen LogP contribution in [0.15, 0.2) is 89.0 Å². The predicted molar refractivity (Wildman–Crippen MR) is 137 cm³/mol. The van der Waals surface area contributed by atoms with E-state index in [0.29, 0.717) is 23.2 Å². The number of para-hydroxylation sites is 2. The van der Waals surface area contributed by atoms with Crippen LogP contribution in [-0.4, -0.2) is 37.8 Å². The number of nitrogens with one attached hydrogen (secondary N) is 1. The third-order valence-corrected chi connectivity index (χ3v) is 7.13. The number of thioether (sulfide) groups is 1. The molecule has 1 aromatic heterocycles. The summed E-state index contributed by atoms with van der Waals surface area (Å²) in [7, 11) is 0. The van der Waals surface area contributed by atoms with E-state index < -0.39 is 11.0 Å². The third kappa shape index (κ3) is 3.79. The molecule has 2 aliphatic rings. The van der Waals surface area contributed by atoms with Crippen molar-refractivity contribution in [3.63, 3.8) is 0 Å². The van der Waals surface area contributed by atoms with Gasteiger partial charge < -0.3 is 4.98 Å². The van der Waals surface area contributed by atoms with Crippen molar-refractivity contribution in [2.45, 2.75) is 18.2 Å². The van der Waals surface area contributed by atoms with Gasteiger partial charge in [0.05, 0.1) is 10.6 Å². The molecule has 6 rings (SSSR count). The quantitative estimate of drug-likeness (QED) is 0.312. The number of benzene rings is 3. The minimum atomic E-state index is -0.557. The second kappa shape index (κ2) is 8.52. The van der Waals surface area contributed by atoms with E-state index in [-0.39, 0.29) is 11.6 Å². The van der Waals surface area contributed by atoms with E-state index in [1.807, 2.05) is 60.8 Å². The Balaban J connectivity index is 1.31. The summed E-state index contributed by atoms with van der Waals surface area (Å²) < 4.78 is 0. The average Bonchev–Trinajstić information content (AvgIpc) is 3.44. The minimum Gasteiger partial charge on any atom is -0.361 e. The molecule has 2 aliphatic heterocycles. The fourth-order valence-electron chi connectivity index (χ4n) is 4.45. The van der Waals surface area contributed by atoms with Crippen LogP contribution in [0.3, 0.4) is 0 Å². The molecule has 0 fully saturated rings. The summed E-state index contributed by atoms with van der Waals surface area (Å²) in [6, 6.07) is 21.6. The number of nitro benzene ring substituents is 1. The van der Waals surface area contributed by atoms with Gasteiger partial charge in [-0.25, -0.2) is 9.89 Å². The summed E-state index contributed by atoms with van der Waals surface area (Å²) in [6.45, 7) is 0. The molecular weight excluding hydrogens is 462 g/mol. The Morgan fingerprint density at radius 1 is 1.06 bits per heavy atom. The molecule has 1 atom stereocenters. The van der Waals surface area contributed by atoms with Gasteiger partial charge in [-0.05, 0) is 29.3 Å². The molecule has 0 bridgehead atoms. The van der Waals surface area contributed by atoms with Gasteiger partial charge in [0.15, 0.2) is 5.17 Å². The molecule has 1 N–H and O–H groups in total.